The molecule has 2 nitrogen and oxygen atoms in total. The standard InChI is InChI=1S/C37H30F10O2/c1-2-3-4-5-21-6-8-22(9-7-21)23-10-13-27(29(38)16-23)24-11-14-28(30(39)17-24)25-18-32(41)35(33(42)19-25)36(43,44)48-26-12-15-34(31(40)20-26)49-37(45,46)47/h4-5,10-22H,2-3,6-9H2,1H3/b5-4+. The van der Waals surface area contributed by atoms with Crippen LogP contribution >= 0.6 is 0 Å². The molecular formula is C37H30F10O2. The molecule has 1 saturated carbocycles. The zero-order valence-corrected chi connectivity index (χ0v) is 26.0. The number of rotatable bonds is 10. The average molecular weight is 697 g/mol. The predicted octanol–water partition coefficient (Wildman–Crippen LogP) is 12.4. The Morgan fingerprint density at radius 1 is 0.653 bits per heavy atom. The van der Waals surface area contributed by atoms with Crippen molar-refractivity contribution < 1.29 is 53.4 Å². The number of ether oxygens (including phenoxy) is 2. The third kappa shape index (κ3) is 8.58. The van der Waals surface area contributed by atoms with E-state index in [0.29, 0.717) is 30.2 Å². The van der Waals surface area contributed by atoms with Gasteiger partial charge in [0, 0.05) is 17.2 Å². The fraction of sp³-hybridized carbons (Fsp3) is 0.297. The van der Waals surface area contributed by atoms with Crippen LogP contribution in [0, 0.1) is 35.0 Å². The van der Waals surface area contributed by atoms with Crippen molar-refractivity contribution in [3.63, 3.8) is 0 Å². The van der Waals surface area contributed by atoms with E-state index in [0.717, 1.165) is 56.2 Å². The molecule has 0 saturated heterocycles. The first kappa shape index (κ1) is 35.8. The number of alkyl halides is 5. The molecule has 0 unspecified atom stereocenters. The lowest BCUT2D eigenvalue weighted by Gasteiger charge is -2.27. The quantitative estimate of drug-likeness (QED) is 0.121. The summed E-state index contributed by atoms with van der Waals surface area (Å²) in [6.07, 6.45) is 0.404. The first-order valence-corrected chi connectivity index (χ1v) is 15.5. The molecule has 5 rings (SSSR count). The minimum atomic E-state index is -5.27. The largest absolute Gasteiger partial charge is 0.573 e. The van der Waals surface area contributed by atoms with Gasteiger partial charge in [0.2, 0.25) is 0 Å². The molecule has 1 aliphatic carbocycles. The van der Waals surface area contributed by atoms with Gasteiger partial charge in [0.1, 0.15) is 34.6 Å². The molecule has 0 radical (unpaired) electrons. The van der Waals surface area contributed by atoms with E-state index in [4.69, 9.17) is 0 Å². The maximum Gasteiger partial charge on any atom is 0.573 e. The van der Waals surface area contributed by atoms with Gasteiger partial charge in [-0.2, -0.15) is 8.78 Å². The van der Waals surface area contributed by atoms with Gasteiger partial charge in [-0.05, 0) is 97.0 Å². The Labute approximate surface area is 276 Å². The summed E-state index contributed by atoms with van der Waals surface area (Å²) in [7, 11) is 0. The highest BCUT2D eigenvalue weighted by molar-refractivity contribution is 5.72. The maximum atomic E-state index is 15.3. The van der Waals surface area contributed by atoms with E-state index in [1.807, 2.05) is 0 Å². The van der Waals surface area contributed by atoms with Crippen LogP contribution in [0.4, 0.5) is 43.9 Å². The van der Waals surface area contributed by atoms with Crippen LogP contribution in [0.5, 0.6) is 11.5 Å². The summed E-state index contributed by atoms with van der Waals surface area (Å²) in [5.74, 6) is -8.72. The van der Waals surface area contributed by atoms with Crippen LogP contribution in [0.3, 0.4) is 0 Å². The minimum absolute atomic E-state index is 0.101. The van der Waals surface area contributed by atoms with Gasteiger partial charge in [-0.3, -0.25) is 0 Å². The summed E-state index contributed by atoms with van der Waals surface area (Å²) < 4.78 is 149. The summed E-state index contributed by atoms with van der Waals surface area (Å²) in [4.78, 5) is 0. The van der Waals surface area contributed by atoms with Gasteiger partial charge >= 0.3 is 12.5 Å². The molecule has 49 heavy (non-hydrogen) atoms. The number of hydrogen-bond donors (Lipinski definition) is 0. The van der Waals surface area contributed by atoms with E-state index < -0.39 is 64.2 Å². The third-order valence-corrected chi connectivity index (χ3v) is 8.40. The first-order chi connectivity index (χ1) is 23.1. The molecule has 0 bridgehead atoms. The Balaban J connectivity index is 1.31. The monoisotopic (exact) mass is 696 g/mol. The Morgan fingerprint density at radius 2 is 1.27 bits per heavy atom. The SMILES string of the molecule is CCC/C=C/C1CCC(c2ccc(-c3ccc(-c4cc(F)c(C(F)(F)Oc5ccc(OC(F)(F)F)c(F)c5)c(F)c4)c(F)c3)c(F)c2)CC1. The molecule has 260 valence electrons. The van der Waals surface area contributed by atoms with Crippen LogP contribution in [0.25, 0.3) is 22.3 Å². The Kier molecular flexibility index (Phi) is 10.6. The highest BCUT2D eigenvalue weighted by atomic mass is 19.4. The van der Waals surface area contributed by atoms with Crippen molar-refractivity contribution in [2.75, 3.05) is 0 Å². The van der Waals surface area contributed by atoms with Crippen LogP contribution < -0.4 is 9.47 Å². The Bertz CT molecular complexity index is 1800. The minimum Gasteiger partial charge on any atom is -0.429 e. The maximum absolute atomic E-state index is 15.3. The molecule has 1 fully saturated rings. The van der Waals surface area contributed by atoms with E-state index in [1.54, 1.807) is 12.1 Å². The van der Waals surface area contributed by atoms with Gasteiger partial charge in [-0.25, -0.2) is 22.0 Å². The zero-order valence-electron chi connectivity index (χ0n) is 26.0. The van der Waals surface area contributed by atoms with Crippen molar-refractivity contribution in [2.24, 2.45) is 5.92 Å². The lowest BCUT2D eigenvalue weighted by molar-refractivity contribution is -0.275. The van der Waals surface area contributed by atoms with Crippen molar-refractivity contribution in [1.29, 1.82) is 0 Å². The Morgan fingerprint density at radius 3 is 1.86 bits per heavy atom. The van der Waals surface area contributed by atoms with E-state index in [2.05, 4.69) is 28.5 Å². The molecule has 0 heterocycles. The molecule has 0 aromatic heterocycles. The Hall–Kier alpha value is -4.48. The second-order valence-electron chi connectivity index (χ2n) is 11.8. The molecule has 12 heteroatoms. The highest BCUT2D eigenvalue weighted by Gasteiger charge is 2.42. The van der Waals surface area contributed by atoms with E-state index in [9.17, 15) is 35.1 Å². The van der Waals surface area contributed by atoms with Crippen molar-refractivity contribution in [1.82, 2.24) is 0 Å². The van der Waals surface area contributed by atoms with E-state index >= 15 is 8.78 Å². The number of halogens is 10. The van der Waals surface area contributed by atoms with Crippen LogP contribution in [0.15, 0.2) is 78.9 Å². The molecule has 4 aromatic rings. The summed E-state index contributed by atoms with van der Waals surface area (Å²) >= 11 is 0. The van der Waals surface area contributed by atoms with Crippen molar-refractivity contribution in [3.05, 3.63) is 119 Å². The molecule has 0 amide bonds. The highest BCUT2D eigenvalue weighted by Crippen LogP contribution is 2.41. The summed E-state index contributed by atoms with van der Waals surface area (Å²) in [6, 6.07) is 9.99. The van der Waals surface area contributed by atoms with Gasteiger partial charge in [0.05, 0.1) is 0 Å². The normalized spacial score (nSPS) is 17.0. The number of hydrogen-bond acceptors (Lipinski definition) is 2. The summed E-state index contributed by atoms with van der Waals surface area (Å²) in [6.45, 7) is 2.12. The van der Waals surface area contributed by atoms with Gasteiger partial charge in [0.15, 0.2) is 11.6 Å². The first-order valence-electron chi connectivity index (χ1n) is 15.5. The zero-order chi connectivity index (χ0) is 35.5. The summed E-state index contributed by atoms with van der Waals surface area (Å²) in [5.41, 5.74) is -1.65. The lowest BCUT2D eigenvalue weighted by Crippen LogP contribution is -2.25. The molecule has 4 aromatic carbocycles. The molecular weight excluding hydrogens is 666 g/mol. The molecule has 0 N–H and O–H groups in total. The van der Waals surface area contributed by atoms with Crippen LogP contribution in [0.1, 0.15) is 62.5 Å². The third-order valence-electron chi connectivity index (χ3n) is 8.40. The summed E-state index contributed by atoms with van der Waals surface area (Å²) in [5, 5.41) is 0. The fourth-order valence-electron chi connectivity index (χ4n) is 5.99. The van der Waals surface area contributed by atoms with Crippen molar-refractivity contribution in [3.8, 4) is 33.8 Å². The van der Waals surface area contributed by atoms with Crippen LogP contribution in [0.2, 0.25) is 0 Å². The molecule has 1 aliphatic rings. The second-order valence-corrected chi connectivity index (χ2v) is 11.8. The fourth-order valence-corrected chi connectivity index (χ4v) is 5.99. The van der Waals surface area contributed by atoms with Crippen LogP contribution in [-0.2, 0) is 6.11 Å². The van der Waals surface area contributed by atoms with E-state index in [1.165, 1.54) is 12.1 Å². The number of benzene rings is 4. The van der Waals surface area contributed by atoms with Crippen molar-refractivity contribution in [2.45, 2.75) is 63.8 Å². The van der Waals surface area contributed by atoms with Crippen molar-refractivity contribution >= 4 is 0 Å². The van der Waals surface area contributed by atoms with Gasteiger partial charge < -0.3 is 9.47 Å². The lowest BCUT2D eigenvalue weighted by atomic mass is 9.78. The average Bonchev–Trinajstić information content (AvgIpc) is 3.01. The van der Waals surface area contributed by atoms with Crippen LogP contribution in [-0.4, -0.2) is 6.36 Å². The molecule has 0 spiro atoms. The van der Waals surface area contributed by atoms with Gasteiger partial charge in [0.25, 0.3) is 0 Å². The van der Waals surface area contributed by atoms with Gasteiger partial charge in [-0.15, -0.1) is 13.2 Å². The van der Waals surface area contributed by atoms with Gasteiger partial charge in [-0.1, -0.05) is 49.8 Å². The topological polar surface area (TPSA) is 18.5 Å². The number of allylic oxidation sites excluding steroid dienone is 2. The molecule has 0 atom stereocenters. The second kappa shape index (κ2) is 14.6. The smallest absolute Gasteiger partial charge is 0.429 e. The number of unbranched alkanes of at least 4 members (excludes halogenated alkanes) is 1. The van der Waals surface area contributed by atoms with E-state index in [-0.39, 0.29) is 28.7 Å². The predicted molar refractivity (Wildman–Crippen MR) is 163 cm³/mol. The molecule has 0 aliphatic heterocycles.